The van der Waals surface area contributed by atoms with Crippen LogP contribution in [-0.4, -0.2) is 34.2 Å². The summed E-state index contributed by atoms with van der Waals surface area (Å²) in [4.78, 5) is 11.2. The van der Waals surface area contributed by atoms with Crippen LogP contribution in [0.4, 0.5) is 0 Å². The lowest BCUT2D eigenvalue weighted by Crippen LogP contribution is -2.50. The molecule has 4 heteroatoms. The van der Waals surface area contributed by atoms with Gasteiger partial charge in [0, 0.05) is 5.25 Å². The number of carboxylic acid groups (broad SMARTS) is 1. The quantitative estimate of drug-likeness (QED) is 0.736. The topological polar surface area (TPSA) is 49.3 Å². The molecule has 1 rings (SSSR count). The molecule has 0 saturated heterocycles. The van der Waals surface area contributed by atoms with Crippen molar-refractivity contribution in [3.63, 3.8) is 0 Å². The standard InChI is InChI=1S/C10H19NO2S/c1-3-11-10(9(12)13)6-5-8(7-10)14-4-2/h8,11H,3-7H2,1-2H3,(H,12,13). The highest BCUT2D eigenvalue weighted by molar-refractivity contribution is 7.99. The maximum absolute atomic E-state index is 11.2. The molecule has 2 atom stereocenters. The summed E-state index contributed by atoms with van der Waals surface area (Å²) in [5.74, 6) is 0.394. The van der Waals surface area contributed by atoms with E-state index in [2.05, 4.69) is 12.2 Å². The van der Waals surface area contributed by atoms with Crippen LogP contribution in [0.5, 0.6) is 0 Å². The Bertz CT molecular complexity index is 210. The number of rotatable bonds is 5. The van der Waals surface area contributed by atoms with E-state index in [9.17, 15) is 9.90 Å². The third kappa shape index (κ3) is 2.42. The Morgan fingerprint density at radius 3 is 2.86 bits per heavy atom. The Balaban J connectivity index is 2.59. The Hall–Kier alpha value is -0.220. The zero-order valence-electron chi connectivity index (χ0n) is 8.88. The molecule has 0 spiro atoms. The first-order valence-electron chi connectivity index (χ1n) is 5.24. The predicted molar refractivity (Wildman–Crippen MR) is 59.8 cm³/mol. The van der Waals surface area contributed by atoms with Gasteiger partial charge in [-0.05, 0) is 31.6 Å². The molecule has 1 fully saturated rings. The average molecular weight is 217 g/mol. The third-order valence-corrected chi connectivity index (χ3v) is 4.00. The van der Waals surface area contributed by atoms with Gasteiger partial charge in [0.25, 0.3) is 0 Å². The summed E-state index contributed by atoms with van der Waals surface area (Å²) in [6, 6.07) is 0. The van der Waals surface area contributed by atoms with Crippen LogP contribution in [0.3, 0.4) is 0 Å². The number of nitrogens with one attached hydrogen (secondary N) is 1. The number of carboxylic acids is 1. The Morgan fingerprint density at radius 2 is 2.36 bits per heavy atom. The van der Waals surface area contributed by atoms with Gasteiger partial charge in [0.15, 0.2) is 0 Å². The van der Waals surface area contributed by atoms with Crippen molar-refractivity contribution in [2.75, 3.05) is 12.3 Å². The van der Waals surface area contributed by atoms with E-state index in [4.69, 9.17) is 0 Å². The summed E-state index contributed by atoms with van der Waals surface area (Å²) in [7, 11) is 0. The Kier molecular flexibility index (Phi) is 4.26. The van der Waals surface area contributed by atoms with Gasteiger partial charge in [-0.1, -0.05) is 13.8 Å². The van der Waals surface area contributed by atoms with Crippen LogP contribution in [0.15, 0.2) is 0 Å². The smallest absolute Gasteiger partial charge is 0.323 e. The summed E-state index contributed by atoms with van der Waals surface area (Å²) in [6.45, 7) is 4.82. The Morgan fingerprint density at radius 1 is 1.64 bits per heavy atom. The van der Waals surface area contributed by atoms with Crippen molar-refractivity contribution in [2.24, 2.45) is 0 Å². The first kappa shape index (κ1) is 11.9. The highest BCUT2D eigenvalue weighted by Gasteiger charge is 2.44. The first-order valence-corrected chi connectivity index (χ1v) is 6.29. The van der Waals surface area contributed by atoms with Crippen LogP contribution in [0.1, 0.15) is 33.1 Å². The van der Waals surface area contributed by atoms with Crippen molar-refractivity contribution in [1.82, 2.24) is 5.32 Å². The molecule has 0 amide bonds. The fourth-order valence-electron chi connectivity index (χ4n) is 2.15. The van der Waals surface area contributed by atoms with Crippen molar-refractivity contribution >= 4 is 17.7 Å². The van der Waals surface area contributed by atoms with Gasteiger partial charge in [0.1, 0.15) is 5.54 Å². The maximum atomic E-state index is 11.2. The van der Waals surface area contributed by atoms with E-state index in [0.29, 0.717) is 5.25 Å². The lowest BCUT2D eigenvalue weighted by atomic mass is 9.98. The van der Waals surface area contributed by atoms with E-state index in [1.165, 1.54) is 0 Å². The fraction of sp³-hybridized carbons (Fsp3) is 0.900. The van der Waals surface area contributed by atoms with Crippen LogP contribution in [-0.2, 0) is 4.79 Å². The van der Waals surface area contributed by atoms with Gasteiger partial charge in [0.05, 0.1) is 0 Å². The summed E-state index contributed by atoms with van der Waals surface area (Å²) >= 11 is 1.88. The summed E-state index contributed by atoms with van der Waals surface area (Å²) in [5.41, 5.74) is -0.637. The second kappa shape index (κ2) is 5.03. The zero-order valence-corrected chi connectivity index (χ0v) is 9.69. The van der Waals surface area contributed by atoms with Crippen molar-refractivity contribution < 1.29 is 9.90 Å². The van der Waals surface area contributed by atoms with E-state index in [0.717, 1.165) is 31.6 Å². The lowest BCUT2D eigenvalue weighted by molar-refractivity contribution is -0.144. The molecule has 1 aliphatic carbocycles. The number of aliphatic carboxylic acids is 1. The minimum atomic E-state index is -0.682. The molecule has 0 aromatic rings. The van der Waals surface area contributed by atoms with E-state index >= 15 is 0 Å². The number of carbonyl (C=O) groups is 1. The molecule has 1 aliphatic rings. The highest BCUT2D eigenvalue weighted by atomic mass is 32.2. The largest absolute Gasteiger partial charge is 0.480 e. The van der Waals surface area contributed by atoms with Gasteiger partial charge < -0.3 is 10.4 Å². The SMILES string of the molecule is CCNC1(C(=O)O)CCC(SCC)C1. The molecule has 0 heterocycles. The van der Waals surface area contributed by atoms with Crippen LogP contribution in [0, 0.1) is 0 Å². The number of hydrogen-bond acceptors (Lipinski definition) is 3. The fourth-order valence-corrected chi connectivity index (χ4v) is 3.31. The van der Waals surface area contributed by atoms with E-state index < -0.39 is 11.5 Å². The molecule has 1 saturated carbocycles. The second-order valence-corrected chi connectivity index (χ2v) is 5.32. The van der Waals surface area contributed by atoms with E-state index in [1.54, 1.807) is 0 Å². The molecular weight excluding hydrogens is 198 g/mol. The minimum Gasteiger partial charge on any atom is -0.480 e. The average Bonchev–Trinajstić information content (AvgIpc) is 2.51. The van der Waals surface area contributed by atoms with Crippen LogP contribution < -0.4 is 5.32 Å². The number of hydrogen-bond donors (Lipinski definition) is 2. The van der Waals surface area contributed by atoms with Crippen molar-refractivity contribution in [3.05, 3.63) is 0 Å². The van der Waals surface area contributed by atoms with Gasteiger partial charge in [0.2, 0.25) is 0 Å². The molecule has 2 unspecified atom stereocenters. The van der Waals surface area contributed by atoms with Crippen molar-refractivity contribution in [3.8, 4) is 0 Å². The zero-order chi connectivity index (χ0) is 10.6. The van der Waals surface area contributed by atoms with Crippen molar-refractivity contribution in [1.29, 1.82) is 0 Å². The molecule has 2 N–H and O–H groups in total. The van der Waals surface area contributed by atoms with Gasteiger partial charge in [-0.3, -0.25) is 4.79 Å². The molecule has 82 valence electrons. The van der Waals surface area contributed by atoms with Crippen LogP contribution in [0.2, 0.25) is 0 Å². The van der Waals surface area contributed by atoms with Crippen LogP contribution in [0.25, 0.3) is 0 Å². The van der Waals surface area contributed by atoms with E-state index in [1.807, 2.05) is 18.7 Å². The second-order valence-electron chi connectivity index (χ2n) is 3.74. The predicted octanol–water partition coefficient (Wildman–Crippen LogP) is 1.72. The van der Waals surface area contributed by atoms with Gasteiger partial charge in [-0.2, -0.15) is 11.8 Å². The molecular formula is C10H19NO2S. The summed E-state index contributed by atoms with van der Waals surface area (Å²) in [5, 5.41) is 12.9. The molecule has 0 radical (unpaired) electrons. The number of thioether (sulfide) groups is 1. The van der Waals surface area contributed by atoms with Crippen LogP contribution >= 0.6 is 11.8 Å². The highest BCUT2D eigenvalue weighted by Crippen LogP contribution is 2.37. The molecule has 0 aromatic heterocycles. The van der Waals surface area contributed by atoms with E-state index in [-0.39, 0.29) is 0 Å². The summed E-state index contributed by atoms with van der Waals surface area (Å²) < 4.78 is 0. The monoisotopic (exact) mass is 217 g/mol. The summed E-state index contributed by atoms with van der Waals surface area (Å²) in [6.07, 6.45) is 2.57. The molecule has 0 bridgehead atoms. The Labute approximate surface area is 89.6 Å². The van der Waals surface area contributed by atoms with Gasteiger partial charge in [-0.25, -0.2) is 0 Å². The maximum Gasteiger partial charge on any atom is 0.323 e. The minimum absolute atomic E-state index is 0.523. The normalized spacial score (nSPS) is 32.0. The van der Waals surface area contributed by atoms with Crippen molar-refractivity contribution in [2.45, 2.75) is 43.9 Å². The molecule has 3 nitrogen and oxygen atoms in total. The third-order valence-electron chi connectivity index (χ3n) is 2.80. The van der Waals surface area contributed by atoms with Gasteiger partial charge >= 0.3 is 5.97 Å². The van der Waals surface area contributed by atoms with Gasteiger partial charge in [-0.15, -0.1) is 0 Å². The molecule has 0 aliphatic heterocycles. The molecule has 14 heavy (non-hydrogen) atoms. The lowest BCUT2D eigenvalue weighted by Gasteiger charge is -2.25. The first-order chi connectivity index (χ1) is 6.64. The number of likely N-dealkylation sites (N-methyl/N-ethyl adjacent to an activating group) is 1. The molecule has 0 aromatic carbocycles.